The van der Waals surface area contributed by atoms with Gasteiger partial charge in [-0.05, 0) is 48.4 Å². The molecule has 1 unspecified atom stereocenters. The van der Waals surface area contributed by atoms with Crippen LogP contribution in [0.5, 0.6) is 0 Å². The Morgan fingerprint density at radius 2 is 1.75 bits per heavy atom. The van der Waals surface area contributed by atoms with Gasteiger partial charge in [0.25, 0.3) is 5.91 Å². The number of rotatable bonds is 6. The van der Waals surface area contributed by atoms with Gasteiger partial charge in [-0.3, -0.25) is 4.79 Å². The average Bonchev–Trinajstić information content (AvgIpc) is 3.27. The van der Waals surface area contributed by atoms with Gasteiger partial charge in [0.05, 0.1) is 15.6 Å². The van der Waals surface area contributed by atoms with Crippen molar-refractivity contribution in [3.05, 3.63) is 110 Å². The van der Waals surface area contributed by atoms with E-state index in [4.69, 9.17) is 39.9 Å². The predicted octanol–water partition coefficient (Wildman–Crippen LogP) is 7.46. The second-order valence-corrected chi connectivity index (χ2v) is 10.3. The third kappa shape index (κ3) is 5.11. The number of hydrogen-bond donors (Lipinski definition) is 2. The van der Waals surface area contributed by atoms with E-state index in [1.54, 1.807) is 16.8 Å². The lowest BCUT2D eigenvalue weighted by Crippen LogP contribution is -2.31. The summed E-state index contributed by atoms with van der Waals surface area (Å²) in [5.41, 5.74) is 3.61. The Bertz CT molecular complexity index is 1470. The molecule has 6 nitrogen and oxygen atoms in total. The Morgan fingerprint density at radius 1 is 1.00 bits per heavy atom. The van der Waals surface area contributed by atoms with Crippen molar-refractivity contribution in [3.63, 3.8) is 0 Å². The van der Waals surface area contributed by atoms with E-state index in [0.29, 0.717) is 48.9 Å². The summed E-state index contributed by atoms with van der Waals surface area (Å²) in [7, 11) is 0. The normalized spacial score (nSPS) is 14.8. The van der Waals surface area contributed by atoms with Gasteiger partial charge >= 0.3 is 0 Å². The highest BCUT2D eigenvalue weighted by atomic mass is 35.5. The van der Waals surface area contributed by atoms with Crippen molar-refractivity contribution < 1.29 is 4.79 Å². The lowest BCUT2D eigenvalue weighted by atomic mass is 9.95. The number of fused-ring (bicyclic) bond motifs is 1. The molecule has 4 aromatic rings. The molecule has 2 heterocycles. The number of nitrogens with zero attached hydrogens (tertiary/aromatic N) is 3. The van der Waals surface area contributed by atoms with Crippen LogP contribution < -0.4 is 10.6 Å². The number of benzene rings is 3. The molecular formula is C26H20Cl3N5OS. The molecule has 5 rings (SSSR count). The number of hydrogen-bond acceptors (Lipinski definition) is 5. The van der Waals surface area contributed by atoms with E-state index in [-0.39, 0.29) is 5.91 Å². The summed E-state index contributed by atoms with van der Waals surface area (Å²) >= 11 is 20.3. The first kappa shape index (κ1) is 24.7. The minimum Gasteiger partial charge on any atom is -0.328 e. The largest absolute Gasteiger partial charge is 0.328 e. The van der Waals surface area contributed by atoms with Crippen LogP contribution in [0, 0.1) is 0 Å². The topological polar surface area (TPSA) is 71.8 Å². The first-order valence-corrected chi connectivity index (χ1v) is 13.1. The number of amides is 1. The Balaban J connectivity index is 1.52. The van der Waals surface area contributed by atoms with Crippen LogP contribution in [0.1, 0.15) is 24.1 Å². The highest BCUT2D eigenvalue weighted by Gasteiger charge is 2.34. The van der Waals surface area contributed by atoms with Crippen LogP contribution in [0.15, 0.2) is 89.2 Å². The third-order valence-electron chi connectivity index (χ3n) is 5.68. The van der Waals surface area contributed by atoms with Gasteiger partial charge < -0.3 is 10.6 Å². The molecule has 2 N–H and O–H groups in total. The molecule has 10 heteroatoms. The lowest BCUT2D eigenvalue weighted by molar-refractivity contribution is -0.113. The summed E-state index contributed by atoms with van der Waals surface area (Å²) in [4.78, 5) is 18.2. The van der Waals surface area contributed by atoms with Crippen molar-refractivity contribution in [2.45, 2.75) is 23.9 Å². The summed E-state index contributed by atoms with van der Waals surface area (Å²) in [5, 5.41) is 13.0. The average molecular weight is 557 g/mol. The van der Waals surface area contributed by atoms with Gasteiger partial charge in [-0.15, -0.1) is 5.10 Å². The van der Waals surface area contributed by atoms with Gasteiger partial charge in [-0.2, -0.15) is 4.98 Å². The van der Waals surface area contributed by atoms with Gasteiger partial charge in [0, 0.05) is 22.2 Å². The van der Waals surface area contributed by atoms with Gasteiger partial charge in [-0.1, -0.05) is 89.0 Å². The lowest BCUT2D eigenvalue weighted by Gasteiger charge is -2.28. The highest BCUT2D eigenvalue weighted by Crippen LogP contribution is 2.39. The standard InChI is InChI=1S/C26H20Cl3N5OS/c1-15-22(24(35)31-18-8-3-2-4-9-18)23(16-11-12-20(28)21(29)13-16)34-25(30-15)32-26(33-34)36-14-17-7-5-6-10-19(17)27/h2-13,23H,14H2,1H3,(H,31,35)(H,30,32,33). The summed E-state index contributed by atoms with van der Waals surface area (Å²) in [6, 6.07) is 21.7. The van der Waals surface area contributed by atoms with Crippen molar-refractivity contribution >= 4 is 64.1 Å². The zero-order valence-corrected chi connectivity index (χ0v) is 22.1. The molecule has 0 aliphatic carbocycles. The minimum atomic E-state index is -0.568. The van der Waals surface area contributed by atoms with Crippen molar-refractivity contribution in [1.82, 2.24) is 14.8 Å². The second-order valence-electron chi connectivity index (χ2n) is 8.10. The maximum atomic E-state index is 13.5. The monoisotopic (exact) mass is 555 g/mol. The van der Waals surface area contributed by atoms with E-state index in [1.807, 2.05) is 67.6 Å². The molecule has 0 saturated heterocycles. The van der Waals surface area contributed by atoms with Crippen molar-refractivity contribution in [2.75, 3.05) is 10.6 Å². The van der Waals surface area contributed by atoms with Crippen molar-refractivity contribution in [2.24, 2.45) is 0 Å². The zero-order valence-electron chi connectivity index (χ0n) is 19.0. The van der Waals surface area contributed by atoms with Crippen LogP contribution in [0.4, 0.5) is 11.6 Å². The molecule has 1 aromatic heterocycles. The molecule has 36 heavy (non-hydrogen) atoms. The molecule has 1 aliphatic rings. The molecule has 1 amide bonds. The van der Waals surface area contributed by atoms with Gasteiger partial charge in [0.15, 0.2) is 0 Å². The third-order valence-corrected chi connectivity index (χ3v) is 7.68. The van der Waals surface area contributed by atoms with Crippen LogP contribution >= 0.6 is 46.6 Å². The van der Waals surface area contributed by atoms with E-state index in [1.165, 1.54) is 11.8 Å². The number of thioether (sulfide) groups is 1. The molecule has 0 radical (unpaired) electrons. The van der Waals surface area contributed by atoms with Crippen LogP contribution in [-0.4, -0.2) is 20.7 Å². The Kier molecular flexibility index (Phi) is 7.25. The maximum absolute atomic E-state index is 13.5. The van der Waals surface area contributed by atoms with Crippen LogP contribution in [0.25, 0.3) is 0 Å². The number of aromatic nitrogens is 3. The molecule has 0 spiro atoms. The Labute approximate surface area is 227 Å². The zero-order chi connectivity index (χ0) is 25.2. The van der Waals surface area contributed by atoms with E-state index in [2.05, 4.69) is 15.6 Å². The number of carbonyl (C=O) groups excluding carboxylic acids is 1. The summed E-state index contributed by atoms with van der Waals surface area (Å²) < 4.78 is 1.71. The minimum absolute atomic E-state index is 0.256. The number of anilines is 2. The smallest absolute Gasteiger partial charge is 0.255 e. The quantitative estimate of drug-likeness (QED) is 0.241. The van der Waals surface area contributed by atoms with E-state index in [0.717, 1.165) is 11.1 Å². The predicted molar refractivity (Wildman–Crippen MR) is 147 cm³/mol. The number of allylic oxidation sites excluding steroid dienone is 1. The van der Waals surface area contributed by atoms with Gasteiger partial charge in [0.2, 0.25) is 11.1 Å². The maximum Gasteiger partial charge on any atom is 0.255 e. The number of para-hydroxylation sites is 1. The van der Waals surface area contributed by atoms with Crippen molar-refractivity contribution in [1.29, 1.82) is 0 Å². The highest BCUT2D eigenvalue weighted by molar-refractivity contribution is 7.98. The molecule has 1 atom stereocenters. The molecular weight excluding hydrogens is 537 g/mol. The summed E-state index contributed by atoms with van der Waals surface area (Å²) in [5.74, 6) is 0.879. The fourth-order valence-electron chi connectivity index (χ4n) is 3.95. The summed E-state index contributed by atoms with van der Waals surface area (Å²) in [6.07, 6.45) is 0. The Hall–Kier alpha value is -2.97. The van der Waals surface area contributed by atoms with E-state index < -0.39 is 6.04 Å². The summed E-state index contributed by atoms with van der Waals surface area (Å²) in [6.45, 7) is 1.85. The molecule has 3 aromatic carbocycles. The first-order chi connectivity index (χ1) is 17.4. The van der Waals surface area contributed by atoms with Crippen LogP contribution in [-0.2, 0) is 10.5 Å². The van der Waals surface area contributed by atoms with E-state index in [9.17, 15) is 4.79 Å². The van der Waals surface area contributed by atoms with Gasteiger partial charge in [-0.25, -0.2) is 4.68 Å². The Morgan fingerprint density at radius 3 is 2.50 bits per heavy atom. The van der Waals surface area contributed by atoms with Crippen molar-refractivity contribution in [3.8, 4) is 0 Å². The molecule has 0 saturated carbocycles. The molecule has 0 fully saturated rings. The number of carbonyl (C=O) groups is 1. The number of nitrogens with one attached hydrogen (secondary N) is 2. The van der Waals surface area contributed by atoms with Gasteiger partial charge in [0.1, 0.15) is 6.04 Å². The molecule has 0 bridgehead atoms. The van der Waals surface area contributed by atoms with Crippen LogP contribution in [0.2, 0.25) is 15.1 Å². The molecule has 1 aliphatic heterocycles. The second kappa shape index (κ2) is 10.6. The number of halogens is 3. The fraction of sp³-hybridized carbons (Fsp3) is 0.115. The SMILES string of the molecule is CC1=C(C(=O)Nc2ccccc2)C(c2ccc(Cl)c(Cl)c2)n2nc(SCc3ccccc3Cl)nc2N1. The first-order valence-electron chi connectivity index (χ1n) is 11.0. The van der Waals surface area contributed by atoms with Crippen LogP contribution in [0.3, 0.4) is 0 Å². The van der Waals surface area contributed by atoms with E-state index >= 15 is 0 Å². The fourth-order valence-corrected chi connectivity index (χ4v) is 5.38. The molecule has 182 valence electrons.